The Morgan fingerprint density at radius 3 is 2.92 bits per heavy atom. The van der Waals surface area contributed by atoms with Gasteiger partial charge < -0.3 is 9.84 Å². The number of hydrogen-bond donors (Lipinski definition) is 1. The van der Waals surface area contributed by atoms with Gasteiger partial charge in [-0.15, -0.1) is 0 Å². The van der Waals surface area contributed by atoms with Crippen LogP contribution in [0.2, 0.25) is 5.02 Å². The van der Waals surface area contributed by atoms with Gasteiger partial charge in [0.05, 0.1) is 6.42 Å². The Balaban J connectivity index is 1.48. The molecule has 0 spiro atoms. The molecule has 0 saturated heterocycles. The van der Waals surface area contributed by atoms with Crippen molar-refractivity contribution in [2.45, 2.75) is 12.8 Å². The highest BCUT2D eigenvalue weighted by molar-refractivity contribution is 6.30. The second kappa shape index (κ2) is 7.70. The molecule has 0 bridgehead atoms. The number of benzene rings is 1. The van der Waals surface area contributed by atoms with Gasteiger partial charge in [0.1, 0.15) is 5.69 Å². The summed E-state index contributed by atoms with van der Waals surface area (Å²) < 4.78 is 5.17. The van der Waals surface area contributed by atoms with E-state index in [2.05, 4.69) is 20.4 Å². The van der Waals surface area contributed by atoms with Gasteiger partial charge in [0, 0.05) is 24.2 Å². The number of pyridine rings is 1. The van der Waals surface area contributed by atoms with Crippen LogP contribution in [0.1, 0.15) is 11.5 Å². The minimum absolute atomic E-state index is 0.0817. The maximum absolute atomic E-state index is 11.9. The first kappa shape index (κ1) is 16.1. The molecule has 0 fully saturated rings. The topological polar surface area (TPSA) is 80.9 Å². The zero-order valence-corrected chi connectivity index (χ0v) is 13.5. The average Bonchev–Trinajstić information content (AvgIpc) is 3.04. The molecule has 1 aromatic carbocycles. The number of carbonyl (C=O) groups excluding carboxylic acids is 1. The van der Waals surface area contributed by atoms with Gasteiger partial charge in [0.15, 0.2) is 0 Å². The van der Waals surface area contributed by atoms with Crippen LogP contribution < -0.4 is 5.32 Å². The van der Waals surface area contributed by atoms with Gasteiger partial charge in [-0.05, 0) is 29.8 Å². The molecule has 3 aromatic rings. The molecule has 2 aromatic heterocycles. The maximum atomic E-state index is 11.9. The van der Waals surface area contributed by atoms with E-state index in [0.29, 0.717) is 35.4 Å². The van der Waals surface area contributed by atoms with Crippen LogP contribution in [0.5, 0.6) is 0 Å². The van der Waals surface area contributed by atoms with Crippen LogP contribution >= 0.6 is 11.6 Å². The summed E-state index contributed by atoms with van der Waals surface area (Å²) in [5, 5.41) is 7.33. The molecule has 0 atom stereocenters. The zero-order chi connectivity index (χ0) is 16.8. The summed E-state index contributed by atoms with van der Waals surface area (Å²) in [5.74, 6) is 0.816. The van der Waals surface area contributed by atoms with Gasteiger partial charge >= 0.3 is 0 Å². The van der Waals surface area contributed by atoms with E-state index in [1.54, 1.807) is 24.4 Å². The number of aromatic nitrogens is 3. The summed E-state index contributed by atoms with van der Waals surface area (Å²) >= 11 is 5.90. The molecular weight excluding hydrogens is 328 g/mol. The van der Waals surface area contributed by atoms with Crippen molar-refractivity contribution in [2.24, 2.45) is 0 Å². The van der Waals surface area contributed by atoms with Crippen molar-refractivity contribution < 1.29 is 9.32 Å². The smallest absolute Gasteiger partial charge is 0.228 e. The molecule has 2 heterocycles. The highest BCUT2D eigenvalue weighted by Gasteiger charge is 2.10. The molecule has 1 amide bonds. The molecule has 3 rings (SSSR count). The standard InChI is InChI=1S/C17H15ClN4O2/c18-13-5-3-4-12(10-13)11-15(23)20-9-7-16-21-17(22-24-16)14-6-1-2-8-19-14/h1-6,8,10H,7,9,11H2,(H,20,23). The molecular formula is C17H15ClN4O2. The van der Waals surface area contributed by atoms with Gasteiger partial charge in [-0.1, -0.05) is 35.0 Å². The number of carbonyl (C=O) groups is 1. The van der Waals surface area contributed by atoms with E-state index in [1.165, 1.54) is 0 Å². The summed E-state index contributed by atoms with van der Waals surface area (Å²) in [7, 11) is 0. The van der Waals surface area contributed by atoms with Crippen molar-refractivity contribution >= 4 is 17.5 Å². The molecule has 0 aliphatic heterocycles. The minimum Gasteiger partial charge on any atom is -0.355 e. The minimum atomic E-state index is -0.0817. The number of nitrogens with one attached hydrogen (secondary N) is 1. The van der Waals surface area contributed by atoms with E-state index in [-0.39, 0.29) is 12.3 Å². The molecule has 7 heteroatoms. The Hall–Kier alpha value is -2.73. The number of rotatable bonds is 6. The third kappa shape index (κ3) is 4.39. The second-order valence-electron chi connectivity index (χ2n) is 5.13. The van der Waals surface area contributed by atoms with Gasteiger partial charge in [-0.2, -0.15) is 4.98 Å². The van der Waals surface area contributed by atoms with E-state index < -0.39 is 0 Å². The molecule has 24 heavy (non-hydrogen) atoms. The number of halogens is 1. The number of hydrogen-bond acceptors (Lipinski definition) is 5. The van der Waals surface area contributed by atoms with Gasteiger partial charge in [-0.3, -0.25) is 9.78 Å². The van der Waals surface area contributed by atoms with Crippen molar-refractivity contribution in [1.82, 2.24) is 20.4 Å². The second-order valence-corrected chi connectivity index (χ2v) is 5.57. The van der Waals surface area contributed by atoms with Crippen molar-refractivity contribution in [3.8, 4) is 11.5 Å². The predicted molar refractivity (Wildman–Crippen MR) is 89.4 cm³/mol. The number of nitrogens with zero attached hydrogens (tertiary/aromatic N) is 3. The first-order chi connectivity index (χ1) is 11.7. The highest BCUT2D eigenvalue weighted by Crippen LogP contribution is 2.12. The van der Waals surface area contributed by atoms with Crippen LogP contribution in [0, 0.1) is 0 Å². The monoisotopic (exact) mass is 342 g/mol. The van der Waals surface area contributed by atoms with Gasteiger partial charge in [0.25, 0.3) is 0 Å². The van der Waals surface area contributed by atoms with E-state index in [4.69, 9.17) is 16.1 Å². The fourth-order valence-corrected chi connectivity index (χ4v) is 2.37. The molecule has 0 saturated carbocycles. The summed E-state index contributed by atoms with van der Waals surface area (Å²) in [6, 6.07) is 12.7. The zero-order valence-electron chi connectivity index (χ0n) is 12.8. The average molecular weight is 343 g/mol. The molecule has 0 aliphatic rings. The molecule has 0 radical (unpaired) electrons. The predicted octanol–water partition coefficient (Wildman–Crippen LogP) is 2.69. The largest absolute Gasteiger partial charge is 0.355 e. The number of amides is 1. The first-order valence-electron chi connectivity index (χ1n) is 7.46. The van der Waals surface area contributed by atoms with E-state index >= 15 is 0 Å². The Morgan fingerprint density at radius 1 is 1.21 bits per heavy atom. The lowest BCUT2D eigenvalue weighted by atomic mass is 10.1. The van der Waals surface area contributed by atoms with Crippen LogP contribution in [-0.4, -0.2) is 27.6 Å². The van der Waals surface area contributed by atoms with Crippen molar-refractivity contribution in [1.29, 1.82) is 0 Å². The molecule has 0 unspecified atom stereocenters. The summed E-state index contributed by atoms with van der Waals surface area (Å²) in [5.41, 5.74) is 1.52. The van der Waals surface area contributed by atoms with Crippen molar-refractivity contribution in [2.75, 3.05) is 6.54 Å². The first-order valence-corrected chi connectivity index (χ1v) is 7.83. The third-order valence-corrected chi connectivity index (χ3v) is 3.51. The molecule has 0 aliphatic carbocycles. The van der Waals surface area contributed by atoms with Crippen LogP contribution in [0.25, 0.3) is 11.5 Å². The maximum Gasteiger partial charge on any atom is 0.228 e. The van der Waals surface area contributed by atoms with E-state index in [1.807, 2.05) is 24.3 Å². The van der Waals surface area contributed by atoms with Crippen molar-refractivity contribution in [3.63, 3.8) is 0 Å². The van der Waals surface area contributed by atoms with Crippen LogP contribution in [0.4, 0.5) is 0 Å². The van der Waals surface area contributed by atoms with E-state index in [0.717, 1.165) is 5.56 Å². The lowest BCUT2D eigenvalue weighted by molar-refractivity contribution is -0.120. The normalized spacial score (nSPS) is 10.5. The Labute approximate surface area is 143 Å². The molecule has 1 N–H and O–H groups in total. The Bertz CT molecular complexity index is 820. The fraction of sp³-hybridized carbons (Fsp3) is 0.176. The summed E-state index contributed by atoms with van der Waals surface area (Å²) in [4.78, 5) is 20.3. The molecule has 6 nitrogen and oxygen atoms in total. The SMILES string of the molecule is O=C(Cc1cccc(Cl)c1)NCCc1nc(-c2ccccn2)no1. The van der Waals surface area contributed by atoms with Crippen molar-refractivity contribution in [3.05, 3.63) is 65.1 Å². The van der Waals surface area contributed by atoms with Crippen LogP contribution in [-0.2, 0) is 17.6 Å². The van der Waals surface area contributed by atoms with E-state index in [9.17, 15) is 4.79 Å². The third-order valence-electron chi connectivity index (χ3n) is 3.28. The Morgan fingerprint density at radius 2 is 2.12 bits per heavy atom. The highest BCUT2D eigenvalue weighted by atomic mass is 35.5. The molecule has 122 valence electrons. The summed E-state index contributed by atoms with van der Waals surface area (Å²) in [6.07, 6.45) is 2.41. The van der Waals surface area contributed by atoms with Gasteiger partial charge in [-0.25, -0.2) is 0 Å². The lowest BCUT2D eigenvalue weighted by Gasteiger charge is -2.04. The Kier molecular flexibility index (Phi) is 5.18. The quantitative estimate of drug-likeness (QED) is 0.745. The fourth-order valence-electron chi connectivity index (χ4n) is 2.16. The van der Waals surface area contributed by atoms with Crippen LogP contribution in [0.15, 0.2) is 53.2 Å². The van der Waals surface area contributed by atoms with Gasteiger partial charge in [0.2, 0.25) is 17.6 Å². The van der Waals surface area contributed by atoms with Crippen LogP contribution in [0.3, 0.4) is 0 Å². The summed E-state index contributed by atoms with van der Waals surface area (Å²) in [6.45, 7) is 0.420. The lowest BCUT2D eigenvalue weighted by Crippen LogP contribution is -2.27.